The third-order valence-corrected chi connectivity index (χ3v) is 8.29. The molecule has 1 aromatic heterocycles. The van der Waals surface area contributed by atoms with E-state index >= 15 is 0 Å². The van der Waals surface area contributed by atoms with Crippen LogP contribution in [0.25, 0.3) is 0 Å². The second-order valence-corrected chi connectivity index (χ2v) is 11.4. The van der Waals surface area contributed by atoms with Gasteiger partial charge in [0.15, 0.2) is 5.82 Å². The van der Waals surface area contributed by atoms with Gasteiger partial charge in [-0.3, -0.25) is 10.3 Å². The molecule has 198 valence electrons. The Kier molecular flexibility index (Phi) is 7.39. The Hall–Kier alpha value is -3.83. The smallest absolute Gasteiger partial charge is 0.337 e. The van der Waals surface area contributed by atoms with Crippen LogP contribution in [0.1, 0.15) is 46.4 Å². The quantitative estimate of drug-likeness (QED) is 0.377. The van der Waals surface area contributed by atoms with Gasteiger partial charge in [0.2, 0.25) is 0 Å². The molecule has 0 aliphatic heterocycles. The molecule has 2 aliphatic carbocycles. The highest BCUT2D eigenvalue weighted by Crippen LogP contribution is 2.38. The Bertz CT molecular complexity index is 1460. The van der Waals surface area contributed by atoms with Crippen molar-refractivity contribution in [3.63, 3.8) is 0 Å². The molecule has 0 radical (unpaired) electrons. The molecular formula is C27H31N7O3S. The summed E-state index contributed by atoms with van der Waals surface area (Å²) in [4.78, 5) is 33.3. The number of aryl methyl sites for hydroxylation is 3. The van der Waals surface area contributed by atoms with E-state index in [2.05, 4.69) is 36.3 Å². The van der Waals surface area contributed by atoms with E-state index in [1.165, 1.54) is 28.5 Å². The number of carbonyl (C=O) groups excluding carboxylic acids is 2. The van der Waals surface area contributed by atoms with E-state index in [1.54, 1.807) is 30.5 Å². The van der Waals surface area contributed by atoms with Gasteiger partial charge in [0.25, 0.3) is 0 Å². The Labute approximate surface area is 222 Å². The first-order valence-electron chi connectivity index (χ1n) is 12.7. The van der Waals surface area contributed by atoms with Crippen LogP contribution in [0.3, 0.4) is 0 Å². The van der Waals surface area contributed by atoms with Crippen molar-refractivity contribution in [3.05, 3.63) is 76.2 Å². The van der Waals surface area contributed by atoms with Crippen LogP contribution in [0.15, 0.2) is 52.0 Å². The monoisotopic (exact) mass is 533 g/mol. The summed E-state index contributed by atoms with van der Waals surface area (Å²) in [6.45, 7) is 2.19. The molecule has 5 N–H and O–H groups in total. The minimum absolute atomic E-state index is 0.267. The molecule has 1 heterocycles. The first-order chi connectivity index (χ1) is 18.3. The maximum absolute atomic E-state index is 13.1. The Morgan fingerprint density at radius 3 is 2.29 bits per heavy atom. The van der Waals surface area contributed by atoms with Gasteiger partial charge in [-0.05, 0) is 91.8 Å². The molecule has 3 aromatic rings. The number of urea groups is 2. The average Bonchev–Trinajstić information content (AvgIpc) is 3.55. The fourth-order valence-corrected chi connectivity index (χ4v) is 5.99. The van der Waals surface area contributed by atoms with Gasteiger partial charge in [-0.2, -0.15) is 0 Å². The van der Waals surface area contributed by atoms with Crippen LogP contribution in [0.4, 0.5) is 21.1 Å². The molecule has 1 unspecified atom stereocenters. The van der Waals surface area contributed by atoms with Crippen molar-refractivity contribution in [3.8, 4) is 0 Å². The maximum Gasteiger partial charge on any atom is 0.354 e. The average molecular weight is 534 g/mol. The van der Waals surface area contributed by atoms with Crippen molar-refractivity contribution in [2.45, 2.75) is 56.8 Å². The lowest BCUT2D eigenvalue weighted by Gasteiger charge is -2.15. The predicted molar refractivity (Wildman–Crippen MR) is 146 cm³/mol. The van der Waals surface area contributed by atoms with Crippen LogP contribution in [0, 0.1) is 6.92 Å². The van der Waals surface area contributed by atoms with Crippen molar-refractivity contribution < 1.29 is 13.8 Å². The summed E-state index contributed by atoms with van der Waals surface area (Å²) in [5.74, 6) is 0.365. The van der Waals surface area contributed by atoms with E-state index in [-0.39, 0.29) is 10.9 Å². The number of nitrogens with one attached hydrogen (secondary N) is 3. The number of amides is 4. The molecule has 38 heavy (non-hydrogen) atoms. The highest BCUT2D eigenvalue weighted by Gasteiger charge is 2.25. The number of hydrogen-bond acceptors (Lipinski definition) is 5. The largest absolute Gasteiger partial charge is 0.354 e. The maximum atomic E-state index is 13.1. The Morgan fingerprint density at radius 1 is 0.974 bits per heavy atom. The minimum atomic E-state index is -3.43. The van der Waals surface area contributed by atoms with Gasteiger partial charge in [-0.25, -0.2) is 23.9 Å². The molecule has 2 aliphatic rings. The van der Waals surface area contributed by atoms with Crippen LogP contribution in [-0.2, 0) is 42.0 Å². The molecule has 0 bridgehead atoms. The molecule has 11 heteroatoms. The van der Waals surface area contributed by atoms with Crippen LogP contribution < -0.4 is 21.1 Å². The Balaban J connectivity index is 1.19. The van der Waals surface area contributed by atoms with E-state index in [9.17, 15) is 13.8 Å². The molecule has 5 rings (SSSR count). The highest BCUT2D eigenvalue weighted by atomic mass is 32.2. The first kappa shape index (κ1) is 25.8. The number of benzene rings is 2. The third-order valence-electron chi connectivity index (χ3n) is 6.91. The number of nitrogens with zero attached hydrogens (tertiary/aromatic N) is 3. The zero-order valence-corrected chi connectivity index (χ0v) is 22.1. The zero-order valence-electron chi connectivity index (χ0n) is 21.3. The van der Waals surface area contributed by atoms with E-state index in [0.717, 1.165) is 55.5 Å². The SMILES string of the molecule is Cc1cnc(NC(=O)NCCc2ccc(S(N)(=O)=NC(=O)Nc3c4c(cc5c3CCC5)CCC4)cc2)cn1. The van der Waals surface area contributed by atoms with Gasteiger partial charge in [-0.1, -0.05) is 18.2 Å². The van der Waals surface area contributed by atoms with E-state index in [4.69, 9.17) is 5.14 Å². The molecule has 10 nitrogen and oxygen atoms in total. The fourth-order valence-electron chi connectivity index (χ4n) is 5.06. The molecule has 4 amide bonds. The topological polar surface area (TPSA) is 151 Å². The lowest BCUT2D eigenvalue weighted by Crippen LogP contribution is -2.30. The lowest BCUT2D eigenvalue weighted by molar-refractivity contribution is 0.252. The lowest BCUT2D eigenvalue weighted by atomic mass is 9.99. The Morgan fingerprint density at radius 2 is 1.66 bits per heavy atom. The summed E-state index contributed by atoms with van der Waals surface area (Å²) in [5, 5.41) is 14.3. The van der Waals surface area contributed by atoms with Gasteiger partial charge in [-0.15, -0.1) is 4.36 Å². The molecular weight excluding hydrogens is 502 g/mol. The third kappa shape index (κ3) is 5.84. The van der Waals surface area contributed by atoms with E-state index < -0.39 is 15.9 Å². The highest BCUT2D eigenvalue weighted by molar-refractivity contribution is 7.91. The number of nitrogens with two attached hydrogens (primary N) is 1. The van der Waals surface area contributed by atoms with Crippen molar-refractivity contribution in [2.75, 3.05) is 17.2 Å². The summed E-state index contributed by atoms with van der Waals surface area (Å²) >= 11 is 0. The molecule has 1 atom stereocenters. The molecule has 0 saturated heterocycles. The van der Waals surface area contributed by atoms with Gasteiger partial charge in [0, 0.05) is 12.2 Å². The van der Waals surface area contributed by atoms with Crippen molar-refractivity contribution in [1.29, 1.82) is 0 Å². The molecule has 0 fully saturated rings. The predicted octanol–water partition coefficient (Wildman–Crippen LogP) is 4.06. The summed E-state index contributed by atoms with van der Waals surface area (Å²) in [7, 11) is -3.43. The summed E-state index contributed by atoms with van der Waals surface area (Å²) in [6, 6.07) is 7.94. The number of rotatable bonds is 6. The second-order valence-electron chi connectivity index (χ2n) is 9.64. The van der Waals surface area contributed by atoms with Crippen LogP contribution in [-0.4, -0.2) is 32.8 Å². The molecule has 2 aromatic carbocycles. The first-order valence-corrected chi connectivity index (χ1v) is 14.3. The number of anilines is 2. The van der Waals surface area contributed by atoms with Crippen LogP contribution in [0.2, 0.25) is 0 Å². The molecule has 0 saturated carbocycles. The summed E-state index contributed by atoms with van der Waals surface area (Å²) in [6.07, 6.45) is 9.63. The summed E-state index contributed by atoms with van der Waals surface area (Å²) in [5.41, 5.74) is 7.45. The van der Waals surface area contributed by atoms with Gasteiger partial charge in [0.1, 0.15) is 9.92 Å². The molecule has 0 spiro atoms. The van der Waals surface area contributed by atoms with E-state index in [0.29, 0.717) is 18.8 Å². The van der Waals surface area contributed by atoms with Crippen molar-refractivity contribution >= 4 is 33.5 Å². The van der Waals surface area contributed by atoms with Crippen LogP contribution >= 0.6 is 0 Å². The second kappa shape index (κ2) is 10.9. The van der Waals surface area contributed by atoms with Gasteiger partial charge < -0.3 is 10.6 Å². The number of aromatic nitrogens is 2. The summed E-state index contributed by atoms with van der Waals surface area (Å²) < 4.78 is 17.0. The van der Waals surface area contributed by atoms with Crippen molar-refractivity contribution in [1.82, 2.24) is 15.3 Å². The normalized spacial score (nSPS) is 15.2. The standard InChI is InChI=1S/C27H31N7O3S/c1-17-15-31-24(16-30-17)32-26(35)29-13-12-18-8-10-21(11-9-18)38(28,37)34-27(36)33-25-22-6-2-4-19(22)14-20-5-3-7-23(20)25/h8-11,14-16H,2-7,12-13H2,1H3,(H2,29,31,32,35)(H3,28,33,34,36,37). The zero-order chi connectivity index (χ0) is 26.7. The van der Waals surface area contributed by atoms with Gasteiger partial charge >= 0.3 is 12.1 Å². The van der Waals surface area contributed by atoms with Crippen LogP contribution in [0.5, 0.6) is 0 Å². The number of fused-ring (bicyclic) bond motifs is 2. The fraction of sp³-hybridized carbons (Fsp3) is 0.333. The number of carbonyl (C=O) groups is 2. The van der Waals surface area contributed by atoms with E-state index in [1.807, 2.05) is 6.92 Å². The minimum Gasteiger partial charge on any atom is -0.337 e. The van der Waals surface area contributed by atoms with Gasteiger partial charge in [0.05, 0.1) is 23.0 Å². The number of hydrogen-bond donors (Lipinski definition) is 4. The van der Waals surface area contributed by atoms with Crippen molar-refractivity contribution in [2.24, 2.45) is 9.50 Å².